The summed E-state index contributed by atoms with van der Waals surface area (Å²) in [5.41, 5.74) is 7.59. The second kappa shape index (κ2) is 27.5. The van der Waals surface area contributed by atoms with Gasteiger partial charge in [-0.15, -0.1) is 0 Å². The van der Waals surface area contributed by atoms with Crippen molar-refractivity contribution in [3.05, 3.63) is 123 Å². The quantitative estimate of drug-likeness (QED) is 0.0471. The van der Waals surface area contributed by atoms with Crippen molar-refractivity contribution in [3.63, 3.8) is 0 Å². The first kappa shape index (κ1) is 56.4. The topological polar surface area (TPSA) is 232 Å². The van der Waals surface area contributed by atoms with Gasteiger partial charge in [0.05, 0.1) is 13.2 Å². The van der Waals surface area contributed by atoms with Crippen LogP contribution in [-0.4, -0.2) is 185 Å². The van der Waals surface area contributed by atoms with Crippen LogP contribution in [0.3, 0.4) is 0 Å². The number of nitrogens with one attached hydrogen (secondary N) is 3. The van der Waals surface area contributed by atoms with Crippen molar-refractivity contribution in [2.24, 2.45) is 0 Å². The summed E-state index contributed by atoms with van der Waals surface area (Å²) in [6.07, 6.45) is 8.68. The number of H-pyrrole nitrogens is 3. The fourth-order valence-electron chi connectivity index (χ4n) is 9.49. The van der Waals surface area contributed by atoms with E-state index in [1.54, 1.807) is 18.6 Å². The highest BCUT2D eigenvalue weighted by Crippen LogP contribution is 2.27. The van der Waals surface area contributed by atoms with Crippen LogP contribution in [0.4, 0.5) is 0 Å². The van der Waals surface area contributed by atoms with Gasteiger partial charge in [0.1, 0.15) is 89.4 Å². The lowest BCUT2D eigenvalue weighted by molar-refractivity contribution is 0.00465. The number of aromatic nitrogens is 9. The molecule has 6 N–H and O–H groups in total. The maximum atomic E-state index is 10.2. The van der Waals surface area contributed by atoms with E-state index in [9.17, 15) is 15.3 Å². The number of rotatable bonds is 18. The van der Waals surface area contributed by atoms with Crippen LogP contribution >= 0.6 is 47.8 Å². The highest BCUT2D eigenvalue weighted by Gasteiger charge is 2.19. The number of hydrogen-bond acceptors (Lipinski definition) is 16. The predicted molar refractivity (Wildman–Crippen MR) is 314 cm³/mol. The molecule has 9 heterocycles. The molecule has 22 heteroatoms. The lowest BCUT2D eigenvalue weighted by atomic mass is 10.2. The van der Waals surface area contributed by atoms with E-state index in [2.05, 4.69) is 107 Å². The van der Waals surface area contributed by atoms with E-state index in [1.165, 1.54) is 25.7 Å². The van der Waals surface area contributed by atoms with Crippen molar-refractivity contribution in [1.82, 2.24) is 59.6 Å². The third-order valence-electron chi connectivity index (χ3n) is 13.5. The number of fused-ring (bicyclic) bond motifs is 3. The number of aliphatic hydroxyl groups is 3. The number of ether oxygens (including phenoxy) is 4. The van der Waals surface area contributed by atoms with Gasteiger partial charge in [-0.25, -0.2) is 29.9 Å². The minimum absolute atomic E-state index is 0.263. The van der Waals surface area contributed by atoms with Crippen LogP contribution in [-0.2, 0) is 4.74 Å². The molecule has 3 atom stereocenters. The SMILES string of the molecule is OC(COc1ccc(-c2nc3cc(Br)cnc3[nH]2)cc1)CN1CCCC1.OC(COc1ccc(-c2nc3cc(Br)cnc3[nH]2)cc1)CN1CCCC1.OC(COc1ccc(-c2nc3cc(Br)cnc3[nH]2)cc1)CN1CCOCC1. The molecule has 3 aliphatic heterocycles. The van der Waals surface area contributed by atoms with Gasteiger partial charge in [-0.1, -0.05) is 0 Å². The number of likely N-dealkylation sites (tertiary alicyclic amines) is 2. The standard InChI is InChI=1S/C19H21BrN4O3.2C19H21BrN4O2/c20-14-9-17-19(21-10-14)23-18(22-17)13-1-3-16(4-2-13)27-12-15(25)11-24-5-7-26-8-6-24;2*20-14-9-17-19(21-10-14)23-18(22-17)13-3-5-16(6-4-13)26-12-15(25)11-24-7-1-2-8-24/h1-4,9-10,15,25H,5-8,11-12H2,(H,21,22,23);2*3-6,9-10,15,25H,1-2,7-8,11-12H2,(H,21,22,23). The Morgan fingerprint density at radius 3 is 1.04 bits per heavy atom. The predicted octanol–water partition coefficient (Wildman–Crippen LogP) is 8.91. The first-order valence-corrected chi connectivity index (χ1v) is 28.9. The normalized spacial score (nSPS) is 16.3. The summed E-state index contributed by atoms with van der Waals surface area (Å²) in [6.45, 7) is 10.3. The van der Waals surface area contributed by atoms with Crippen LogP contribution in [0, 0.1) is 0 Å². The molecule has 0 radical (unpaired) electrons. The smallest absolute Gasteiger partial charge is 0.157 e. The third-order valence-corrected chi connectivity index (χ3v) is 14.8. The molecule has 0 aliphatic carbocycles. The van der Waals surface area contributed by atoms with Crippen LogP contribution in [0.5, 0.6) is 17.2 Å². The number of hydrogen-bond donors (Lipinski definition) is 6. The summed E-state index contributed by atoms with van der Waals surface area (Å²) >= 11 is 10.2. The van der Waals surface area contributed by atoms with Crippen molar-refractivity contribution < 1.29 is 34.3 Å². The van der Waals surface area contributed by atoms with Crippen molar-refractivity contribution in [2.75, 3.05) is 91.9 Å². The van der Waals surface area contributed by atoms with E-state index in [0.29, 0.717) is 32.8 Å². The summed E-state index contributed by atoms with van der Waals surface area (Å²) in [5, 5.41) is 30.4. The first-order chi connectivity index (χ1) is 38.5. The highest BCUT2D eigenvalue weighted by atomic mass is 79.9. The largest absolute Gasteiger partial charge is 0.491 e. The number of aromatic amines is 3. The van der Waals surface area contributed by atoms with Gasteiger partial charge in [-0.05, 0) is 191 Å². The summed E-state index contributed by atoms with van der Waals surface area (Å²) in [5.74, 6) is 4.50. The van der Waals surface area contributed by atoms with Crippen molar-refractivity contribution in [2.45, 2.75) is 44.0 Å². The van der Waals surface area contributed by atoms with E-state index in [4.69, 9.17) is 18.9 Å². The number of morpholine rings is 1. The summed E-state index contributed by atoms with van der Waals surface area (Å²) in [7, 11) is 0. The van der Waals surface area contributed by atoms with Gasteiger partial charge in [0.15, 0.2) is 16.9 Å². The lowest BCUT2D eigenvalue weighted by Crippen LogP contribution is -2.42. The zero-order chi connectivity index (χ0) is 54.5. The molecular weight excluding hydrogens is 1200 g/mol. The van der Waals surface area contributed by atoms with Crippen LogP contribution in [0.2, 0.25) is 0 Å². The summed E-state index contributed by atoms with van der Waals surface area (Å²) in [4.78, 5) is 43.1. The second-order valence-corrected chi connectivity index (χ2v) is 22.5. The lowest BCUT2D eigenvalue weighted by Gasteiger charge is -2.28. The summed E-state index contributed by atoms with van der Waals surface area (Å²) < 4.78 is 25.2. The maximum absolute atomic E-state index is 10.2. The monoisotopic (exact) mass is 1260 g/mol. The van der Waals surface area contributed by atoms with E-state index in [0.717, 1.165) is 151 Å². The maximum Gasteiger partial charge on any atom is 0.157 e. The van der Waals surface area contributed by atoms with Gasteiger partial charge in [0.2, 0.25) is 0 Å². The minimum atomic E-state index is -0.525. The molecule has 0 saturated carbocycles. The Kier molecular flexibility index (Phi) is 19.6. The Balaban J connectivity index is 0.000000134. The average Bonchev–Trinajstić information content (AvgIpc) is 4.36. The zero-order valence-electron chi connectivity index (χ0n) is 43.5. The fraction of sp³-hybridized carbons (Fsp3) is 0.368. The molecule has 0 amide bonds. The molecule has 0 spiro atoms. The molecule has 3 aliphatic rings. The molecule has 414 valence electrons. The number of pyridine rings is 3. The van der Waals surface area contributed by atoms with Gasteiger partial charge >= 0.3 is 0 Å². The van der Waals surface area contributed by atoms with Crippen molar-refractivity contribution in [1.29, 1.82) is 0 Å². The van der Waals surface area contributed by atoms with Crippen molar-refractivity contribution in [3.8, 4) is 51.4 Å². The number of imidazole rings is 3. The number of halogens is 3. The highest BCUT2D eigenvalue weighted by molar-refractivity contribution is 9.11. The Bertz CT molecular complexity index is 3200. The van der Waals surface area contributed by atoms with Crippen molar-refractivity contribution >= 4 is 81.3 Å². The van der Waals surface area contributed by atoms with Crippen LogP contribution in [0.1, 0.15) is 25.7 Å². The van der Waals surface area contributed by atoms with E-state index in [1.807, 2.05) is 91.0 Å². The molecule has 9 aromatic rings. The van der Waals surface area contributed by atoms with E-state index < -0.39 is 18.3 Å². The van der Waals surface area contributed by atoms with E-state index >= 15 is 0 Å². The van der Waals surface area contributed by atoms with Gasteiger partial charge in [-0.3, -0.25) is 4.90 Å². The Hall–Kier alpha value is -5.92. The van der Waals surface area contributed by atoms with Gasteiger partial charge in [-0.2, -0.15) is 0 Å². The molecule has 12 rings (SSSR count). The Morgan fingerprint density at radius 1 is 0.443 bits per heavy atom. The number of nitrogens with zero attached hydrogens (tertiary/aromatic N) is 9. The van der Waals surface area contributed by atoms with Crippen LogP contribution < -0.4 is 14.2 Å². The average molecular weight is 1270 g/mol. The van der Waals surface area contributed by atoms with Gasteiger partial charge in [0.25, 0.3) is 0 Å². The Labute approximate surface area is 482 Å². The summed E-state index contributed by atoms with van der Waals surface area (Å²) in [6, 6.07) is 28.8. The third kappa shape index (κ3) is 16.1. The molecule has 79 heavy (non-hydrogen) atoms. The molecule has 3 saturated heterocycles. The fourth-order valence-corrected chi connectivity index (χ4v) is 10.5. The molecule has 3 unspecified atom stereocenters. The number of β-amino-alcohol motifs (C(OH)–C–C–N with tert-alkyl or cyclic N) is 3. The molecule has 6 aromatic heterocycles. The minimum Gasteiger partial charge on any atom is -0.491 e. The first-order valence-electron chi connectivity index (χ1n) is 26.5. The van der Waals surface area contributed by atoms with Crippen LogP contribution in [0.15, 0.2) is 123 Å². The van der Waals surface area contributed by atoms with Gasteiger partial charge in [0, 0.05) is 81.4 Å². The molecular formula is C57H63Br3N12O7. The van der Waals surface area contributed by atoms with E-state index in [-0.39, 0.29) is 6.61 Å². The second-order valence-electron chi connectivity index (χ2n) is 19.7. The molecule has 3 aromatic carbocycles. The van der Waals surface area contributed by atoms with Crippen LogP contribution in [0.25, 0.3) is 67.7 Å². The molecule has 19 nitrogen and oxygen atoms in total. The van der Waals surface area contributed by atoms with Gasteiger partial charge < -0.3 is 59.0 Å². The zero-order valence-corrected chi connectivity index (χ0v) is 48.2. The number of benzene rings is 3. The molecule has 3 fully saturated rings. The Morgan fingerprint density at radius 2 is 0.734 bits per heavy atom. The molecule has 0 bridgehead atoms. The number of aliphatic hydroxyl groups excluding tert-OH is 3.